The molecule has 0 aromatic heterocycles. The number of hydrogen-bond acceptors (Lipinski definition) is 2. The number of ether oxygens (including phenoxy) is 1. The van der Waals surface area contributed by atoms with Crippen LogP contribution >= 0.6 is 0 Å². The third kappa shape index (κ3) is 1.61. The maximum absolute atomic E-state index is 12.0. The fraction of sp³-hybridized carbons (Fsp3) is 0.773. The van der Waals surface area contributed by atoms with Gasteiger partial charge in [0.1, 0.15) is 6.10 Å². The van der Waals surface area contributed by atoms with Gasteiger partial charge in [0.2, 0.25) is 0 Å². The first-order chi connectivity index (χ1) is 11.7. The van der Waals surface area contributed by atoms with Crippen LogP contribution in [0.4, 0.5) is 0 Å². The molecule has 10 unspecified atom stereocenters. The lowest BCUT2D eigenvalue weighted by Crippen LogP contribution is -2.48. The number of hydrogen-bond donors (Lipinski definition) is 0. The van der Waals surface area contributed by atoms with Crippen molar-refractivity contribution < 1.29 is 9.53 Å². The van der Waals surface area contributed by atoms with Gasteiger partial charge in [0.15, 0.2) is 0 Å². The largest absolute Gasteiger partial charge is 0.462 e. The molecule has 0 heterocycles. The Hall–Kier alpha value is -1.05. The van der Waals surface area contributed by atoms with E-state index in [2.05, 4.69) is 24.3 Å². The van der Waals surface area contributed by atoms with Crippen LogP contribution in [0.25, 0.3) is 0 Å². The van der Waals surface area contributed by atoms with Gasteiger partial charge in [0.25, 0.3) is 0 Å². The second-order valence-corrected chi connectivity index (χ2v) is 9.76. The molecular weight excluding hydrogens is 296 g/mol. The zero-order valence-corrected chi connectivity index (χ0v) is 14.6. The van der Waals surface area contributed by atoms with Crippen LogP contribution < -0.4 is 0 Å². The molecule has 128 valence electrons. The number of fused-ring (bicyclic) bond motifs is 11. The minimum Gasteiger partial charge on any atom is -0.462 e. The molecule has 0 N–H and O–H groups in total. The fourth-order valence-corrected chi connectivity index (χ4v) is 8.52. The number of carbonyl (C=O) groups excluding carboxylic acids is 1. The molecule has 4 fully saturated rings. The molecule has 0 radical (unpaired) electrons. The summed E-state index contributed by atoms with van der Waals surface area (Å²) in [5.41, 5.74) is 0.300. The number of carbonyl (C=O) groups is 1. The van der Waals surface area contributed by atoms with Crippen LogP contribution in [0.15, 0.2) is 24.3 Å². The molecule has 24 heavy (non-hydrogen) atoms. The van der Waals surface area contributed by atoms with Gasteiger partial charge in [0.05, 0.1) is 0 Å². The van der Waals surface area contributed by atoms with Crippen LogP contribution in [0.3, 0.4) is 0 Å². The monoisotopic (exact) mass is 324 g/mol. The predicted molar refractivity (Wildman–Crippen MR) is 91.9 cm³/mol. The summed E-state index contributed by atoms with van der Waals surface area (Å²) < 4.78 is 6.21. The molecule has 2 heteroatoms. The van der Waals surface area contributed by atoms with E-state index in [1.54, 1.807) is 6.92 Å². The van der Waals surface area contributed by atoms with Gasteiger partial charge in [-0.25, -0.2) is 0 Å². The molecule has 2 nitrogen and oxygen atoms in total. The second kappa shape index (κ2) is 4.56. The minimum absolute atomic E-state index is 0.0493. The summed E-state index contributed by atoms with van der Waals surface area (Å²) in [4.78, 5) is 12.0. The Morgan fingerprint density at radius 2 is 1.92 bits per heavy atom. The summed E-state index contributed by atoms with van der Waals surface area (Å²) >= 11 is 0. The standard InChI is InChI=1S/C22H28O2/c1-12(23)24-21(18-9-13-2-3-14(18)8-13)22-7-6-17(11-22)19-15-4-5-16(10-15)20(19)22/h2-5,13-21H,6-11H2,1H3. The molecule has 4 saturated carbocycles. The van der Waals surface area contributed by atoms with E-state index >= 15 is 0 Å². The van der Waals surface area contributed by atoms with E-state index < -0.39 is 0 Å². The first-order valence-electron chi connectivity index (χ1n) is 10.2. The average molecular weight is 324 g/mol. The van der Waals surface area contributed by atoms with Crippen molar-refractivity contribution in [3.8, 4) is 0 Å². The normalized spacial score (nSPS) is 56.2. The molecule has 6 rings (SSSR count). The summed E-state index contributed by atoms with van der Waals surface area (Å²) in [6.45, 7) is 1.63. The zero-order chi connectivity index (χ0) is 16.1. The molecule has 6 bridgehead atoms. The van der Waals surface area contributed by atoms with Gasteiger partial charge in [-0.15, -0.1) is 0 Å². The highest BCUT2D eigenvalue weighted by molar-refractivity contribution is 5.66. The highest BCUT2D eigenvalue weighted by Crippen LogP contribution is 2.73. The molecule has 10 atom stereocenters. The molecule has 0 aromatic rings. The van der Waals surface area contributed by atoms with Gasteiger partial charge in [0, 0.05) is 18.3 Å². The van der Waals surface area contributed by atoms with E-state index in [0.717, 1.165) is 35.5 Å². The number of esters is 1. The van der Waals surface area contributed by atoms with E-state index in [9.17, 15) is 4.79 Å². The first kappa shape index (κ1) is 14.2. The van der Waals surface area contributed by atoms with Crippen LogP contribution in [0.5, 0.6) is 0 Å². The van der Waals surface area contributed by atoms with Crippen LogP contribution in [-0.4, -0.2) is 12.1 Å². The quantitative estimate of drug-likeness (QED) is 0.438. The van der Waals surface area contributed by atoms with Crippen LogP contribution in [-0.2, 0) is 9.53 Å². The van der Waals surface area contributed by atoms with Gasteiger partial charge >= 0.3 is 5.97 Å². The van der Waals surface area contributed by atoms with Crippen molar-refractivity contribution in [1.82, 2.24) is 0 Å². The fourth-order valence-electron chi connectivity index (χ4n) is 8.52. The molecule has 0 aliphatic heterocycles. The highest BCUT2D eigenvalue weighted by atomic mass is 16.5. The second-order valence-electron chi connectivity index (χ2n) is 9.76. The topological polar surface area (TPSA) is 26.3 Å². The average Bonchev–Trinajstić information content (AvgIpc) is 3.39. The van der Waals surface area contributed by atoms with Crippen molar-refractivity contribution in [2.24, 2.45) is 52.8 Å². The Kier molecular flexibility index (Phi) is 2.69. The lowest BCUT2D eigenvalue weighted by molar-refractivity contribution is -0.165. The Bertz CT molecular complexity index is 648. The lowest BCUT2D eigenvalue weighted by atomic mass is 9.60. The third-order valence-electron chi connectivity index (χ3n) is 8.93. The van der Waals surface area contributed by atoms with E-state index in [0.29, 0.717) is 17.3 Å². The van der Waals surface area contributed by atoms with E-state index in [1.807, 2.05) is 0 Å². The summed E-state index contributed by atoms with van der Waals surface area (Å²) in [6, 6.07) is 0. The Morgan fingerprint density at radius 3 is 2.67 bits per heavy atom. The molecule has 0 aromatic carbocycles. The van der Waals surface area contributed by atoms with Crippen molar-refractivity contribution >= 4 is 5.97 Å². The molecular formula is C22H28O2. The van der Waals surface area contributed by atoms with Gasteiger partial charge in [-0.05, 0) is 80.0 Å². The zero-order valence-electron chi connectivity index (χ0n) is 14.6. The third-order valence-corrected chi connectivity index (χ3v) is 8.93. The summed E-state index contributed by atoms with van der Waals surface area (Å²) in [6.07, 6.45) is 18.0. The maximum atomic E-state index is 12.0. The van der Waals surface area contributed by atoms with Crippen molar-refractivity contribution in [1.29, 1.82) is 0 Å². The molecule has 0 saturated heterocycles. The molecule has 0 amide bonds. The van der Waals surface area contributed by atoms with Crippen LogP contribution in [0, 0.1) is 52.8 Å². The minimum atomic E-state index is -0.0493. The van der Waals surface area contributed by atoms with Crippen molar-refractivity contribution in [2.75, 3.05) is 0 Å². The Labute approximate surface area is 144 Å². The smallest absolute Gasteiger partial charge is 0.302 e. The van der Waals surface area contributed by atoms with Crippen molar-refractivity contribution in [2.45, 2.75) is 51.6 Å². The number of rotatable bonds is 3. The maximum Gasteiger partial charge on any atom is 0.302 e. The Morgan fingerprint density at radius 1 is 1.08 bits per heavy atom. The summed E-state index contributed by atoms with van der Waals surface area (Å²) in [5, 5.41) is 0. The number of allylic oxidation sites excluding steroid dienone is 4. The van der Waals surface area contributed by atoms with Gasteiger partial charge < -0.3 is 4.74 Å². The van der Waals surface area contributed by atoms with Gasteiger partial charge in [-0.2, -0.15) is 0 Å². The Balaban J connectivity index is 1.41. The first-order valence-corrected chi connectivity index (χ1v) is 10.2. The van der Waals surface area contributed by atoms with Crippen molar-refractivity contribution in [3.05, 3.63) is 24.3 Å². The molecule has 6 aliphatic rings. The highest BCUT2D eigenvalue weighted by Gasteiger charge is 2.69. The lowest BCUT2D eigenvalue weighted by Gasteiger charge is -2.47. The van der Waals surface area contributed by atoms with E-state index in [-0.39, 0.29) is 12.1 Å². The summed E-state index contributed by atoms with van der Waals surface area (Å²) in [5.74, 6) is 6.19. The van der Waals surface area contributed by atoms with Crippen LogP contribution in [0.1, 0.15) is 45.4 Å². The van der Waals surface area contributed by atoms with Crippen LogP contribution in [0.2, 0.25) is 0 Å². The van der Waals surface area contributed by atoms with E-state index in [4.69, 9.17) is 4.74 Å². The van der Waals surface area contributed by atoms with E-state index in [1.165, 1.54) is 38.5 Å². The summed E-state index contributed by atoms with van der Waals surface area (Å²) in [7, 11) is 0. The van der Waals surface area contributed by atoms with Crippen molar-refractivity contribution in [3.63, 3.8) is 0 Å². The molecule has 0 spiro atoms. The SMILES string of the molecule is CC(=O)OC(C1CC2C=CC1C2)C12CCC(C1)C1C3C=CC(C3)C12. The molecule has 6 aliphatic carbocycles. The predicted octanol–water partition coefficient (Wildman–Crippen LogP) is 4.37. The van der Waals surface area contributed by atoms with Gasteiger partial charge in [-0.1, -0.05) is 24.3 Å². The van der Waals surface area contributed by atoms with Gasteiger partial charge in [-0.3, -0.25) is 4.79 Å².